The van der Waals surface area contributed by atoms with Crippen LogP contribution in [-0.4, -0.2) is 44.0 Å². The molecule has 0 spiro atoms. The fraction of sp³-hybridized carbons (Fsp3) is 0.588. The Morgan fingerprint density at radius 1 is 1.43 bits per heavy atom. The van der Waals surface area contributed by atoms with Gasteiger partial charge in [-0.2, -0.15) is 0 Å². The molecule has 1 aliphatic rings. The van der Waals surface area contributed by atoms with E-state index in [4.69, 9.17) is 0 Å². The molecule has 4 nitrogen and oxygen atoms in total. The van der Waals surface area contributed by atoms with Crippen LogP contribution in [0.15, 0.2) is 18.2 Å². The van der Waals surface area contributed by atoms with Crippen LogP contribution in [-0.2, 0) is 0 Å². The first kappa shape index (κ1) is 15.8. The molecule has 2 rings (SSSR count). The fourth-order valence-corrected chi connectivity index (χ4v) is 2.96. The van der Waals surface area contributed by atoms with E-state index in [0.717, 1.165) is 36.4 Å². The monoisotopic (exact) mass is 289 g/mol. The highest BCUT2D eigenvalue weighted by atomic mass is 16.1. The summed E-state index contributed by atoms with van der Waals surface area (Å²) >= 11 is 0. The molecule has 2 N–H and O–H groups in total. The van der Waals surface area contributed by atoms with E-state index in [2.05, 4.69) is 22.6 Å². The Kier molecular flexibility index (Phi) is 5.62. The highest BCUT2D eigenvalue weighted by molar-refractivity contribution is 5.99. The number of rotatable bonds is 5. The van der Waals surface area contributed by atoms with Crippen LogP contribution in [0.2, 0.25) is 0 Å². The summed E-state index contributed by atoms with van der Waals surface area (Å²) < 4.78 is 0. The fourth-order valence-electron chi connectivity index (χ4n) is 2.96. The van der Waals surface area contributed by atoms with E-state index < -0.39 is 0 Å². The largest absolute Gasteiger partial charge is 0.385 e. The second-order valence-corrected chi connectivity index (χ2v) is 6.06. The molecule has 4 heteroatoms. The summed E-state index contributed by atoms with van der Waals surface area (Å²) in [6, 6.07) is 5.98. The molecule has 1 aromatic carbocycles. The van der Waals surface area contributed by atoms with Gasteiger partial charge in [-0.3, -0.25) is 4.79 Å². The van der Waals surface area contributed by atoms with Crippen LogP contribution >= 0.6 is 0 Å². The molecule has 1 heterocycles. The number of benzene rings is 1. The van der Waals surface area contributed by atoms with E-state index in [1.165, 1.54) is 19.4 Å². The Bertz CT molecular complexity index is 487. The zero-order chi connectivity index (χ0) is 15.2. The highest BCUT2D eigenvalue weighted by Crippen LogP contribution is 2.18. The van der Waals surface area contributed by atoms with E-state index in [-0.39, 0.29) is 5.91 Å². The van der Waals surface area contributed by atoms with Crippen LogP contribution in [0.4, 0.5) is 5.69 Å². The number of nitrogens with one attached hydrogen (secondary N) is 2. The maximum absolute atomic E-state index is 12.5. The van der Waals surface area contributed by atoms with Gasteiger partial charge in [-0.05, 0) is 58.3 Å². The Balaban J connectivity index is 1.97. The number of piperidine rings is 1. The van der Waals surface area contributed by atoms with Crippen LogP contribution in [0.25, 0.3) is 0 Å². The first-order valence-corrected chi connectivity index (χ1v) is 7.91. The van der Waals surface area contributed by atoms with Gasteiger partial charge in [0.1, 0.15) is 0 Å². The van der Waals surface area contributed by atoms with Crippen LogP contribution in [0.3, 0.4) is 0 Å². The quantitative estimate of drug-likeness (QED) is 0.875. The first-order valence-electron chi connectivity index (χ1n) is 7.91. The number of aryl methyl sites for hydroxylation is 1. The molecule has 1 atom stereocenters. The molecule has 0 saturated carbocycles. The Morgan fingerprint density at radius 3 is 2.95 bits per heavy atom. The minimum Gasteiger partial charge on any atom is -0.385 e. The van der Waals surface area contributed by atoms with E-state index in [1.54, 1.807) is 0 Å². The van der Waals surface area contributed by atoms with Gasteiger partial charge in [-0.15, -0.1) is 0 Å². The first-order chi connectivity index (χ1) is 10.1. The number of amides is 1. The van der Waals surface area contributed by atoms with Gasteiger partial charge in [0.25, 0.3) is 5.91 Å². The third-order valence-corrected chi connectivity index (χ3v) is 4.06. The molecule has 21 heavy (non-hydrogen) atoms. The topological polar surface area (TPSA) is 44.4 Å². The highest BCUT2D eigenvalue weighted by Gasteiger charge is 2.19. The molecule has 1 saturated heterocycles. The second kappa shape index (κ2) is 7.46. The summed E-state index contributed by atoms with van der Waals surface area (Å²) in [5.74, 6) is 0.600. The van der Waals surface area contributed by atoms with Crippen molar-refractivity contribution in [3.63, 3.8) is 0 Å². The molecule has 1 unspecified atom stereocenters. The summed E-state index contributed by atoms with van der Waals surface area (Å²) in [4.78, 5) is 14.8. The van der Waals surface area contributed by atoms with Crippen LogP contribution in [0, 0.1) is 12.8 Å². The van der Waals surface area contributed by atoms with Crippen molar-refractivity contribution in [3.05, 3.63) is 29.3 Å². The third-order valence-electron chi connectivity index (χ3n) is 4.06. The zero-order valence-corrected chi connectivity index (χ0v) is 13.4. The number of carbonyl (C=O) groups is 1. The molecule has 1 aromatic rings. The van der Waals surface area contributed by atoms with Gasteiger partial charge in [0.15, 0.2) is 0 Å². The predicted molar refractivity (Wildman–Crippen MR) is 87.9 cm³/mol. The van der Waals surface area contributed by atoms with Gasteiger partial charge in [0.2, 0.25) is 0 Å². The number of likely N-dealkylation sites (tertiary alicyclic amines) is 1. The Hall–Kier alpha value is -1.55. The van der Waals surface area contributed by atoms with Crippen LogP contribution < -0.4 is 10.6 Å². The molecule has 1 aliphatic heterocycles. The Morgan fingerprint density at radius 2 is 2.24 bits per heavy atom. The molecule has 0 aromatic heterocycles. The predicted octanol–water partition coefficient (Wildman–Crippen LogP) is 2.50. The third kappa shape index (κ3) is 4.46. The van der Waals surface area contributed by atoms with Gasteiger partial charge in [0.05, 0.1) is 5.56 Å². The summed E-state index contributed by atoms with van der Waals surface area (Å²) in [5.41, 5.74) is 2.78. The maximum Gasteiger partial charge on any atom is 0.253 e. The molecular formula is C17H27N3O. The molecule has 0 aliphatic carbocycles. The molecule has 0 radical (unpaired) electrons. The van der Waals surface area contributed by atoms with Crippen LogP contribution in [0.1, 0.15) is 35.7 Å². The van der Waals surface area contributed by atoms with Crippen molar-refractivity contribution in [1.29, 1.82) is 0 Å². The van der Waals surface area contributed by atoms with E-state index in [9.17, 15) is 4.79 Å². The lowest BCUT2D eigenvalue weighted by Crippen LogP contribution is -2.39. The Labute approximate surface area is 127 Å². The maximum atomic E-state index is 12.5. The van der Waals surface area contributed by atoms with Crippen molar-refractivity contribution in [3.8, 4) is 0 Å². The number of nitrogens with zero attached hydrogens (tertiary/aromatic N) is 1. The smallest absolute Gasteiger partial charge is 0.253 e. The zero-order valence-electron chi connectivity index (χ0n) is 13.4. The van der Waals surface area contributed by atoms with Gasteiger partial charge in [0, 0.05) is 25.3 Å². The van der Waals surface area contributed by atoms with Gasteiger partial charge in [-0.1, -0.05) is 11.6 Å². The SMILES string of the molecule is CCNc1ccc(C)cc1C(=O)NCC1CCCN(C)C1. The summed E-state index contributed by atoms with van der Waals surface area (Å²) in [6.07, 6.45) is 2.43. The number of hydrogen-bond acceptors (Lipinski definition) is 3. The molecule has 1 amide bonds. The lowest BCUT2D eigenvalue weighted by Gasteiger charge is -2.29. The van der Waals surface area contributed by atoms with E-state index in [1.807, 2.05) is 32.0 Å². The molecule has 116 valence electrons. The van der Waals surface area contributed by atoms with Crippen molar-refractivity contribution >= 4 is 11.6 Å². The minimum atomic E-state index is 0.0304. The van der Waals surface area contributed by atoms with Crippen molar-refractivity contribution in [2.45, 2.75) is 26.7 Å². The van der Waals surface area contributed by atoms with Crippen molar-refractivity contribution in [2.75, 3.05) is 38.5 Å². The van der Waals surface area contributed by atoms with Crippen molar-refractivity contribution < 1.29 is 4.79 Å². The van der Waals surface area contributed by atoms with Crippen molar-refractivity contribution in [2.24, 2.45) is 5.92 Å². The van der Waals surface area contributed by atoms with Crippen LogP contribution in [0.5, 0.6) is 0 Å². The van der Waals surface area contributed by atoms with E-state index in [0.29, 0.717) is 5.92 Å². The number of carbonyl (C=O) groups excluding carboxylic acids is 1. The standard InChI is InChI=1S/C17H27N3O/c1-4-18-16-8-7-13(2)10-15(16)17(21)19-11-14-6-5-9-20(3)12-14/h7-8,10,14,18H,4-6,9,11-12H2,1-3H3,(H,19,21). The van der Waals surface area contributed by atoms with Crippen molar-refractivity contribution in [1.82, 2.24) is 10.2 Å². The van der Waals surface area contributed by atoms with E-state index >= 15 is 0 Å². The number of hydrogen-bond donors (Lipinski definition) is 2. The normalized spacial score (nSPS) is 19.3. The number of anilines is 1. The summed E-state index contributed by atoms with van der Waals surface area (Å²) in [5, 5.41) is 6.37. The van der Waals surface area contributed by atoms with Gasteiger partial charge >= 0.3 is 0 Å². The molecule has 0 bridgehead atoms. The lowest BCUT2D eigenvalue weighted by atomic mass is 9.98. The average molecular weight is 289 g/mol. The minimum absolute atomic E-state index is 0.0304. The summed E-state index contributed by atoms with van der Waals surface area (Å²) in [7, 11) is 2.15. The molecule has 1 fully saturated rings. The summed E-state index contributed by atoms with van der Waals surface area (Å²) in [6.45, 7) is 7.89. The average Bonchev–Trinajstić information content (AvgIpc) is 2.47. The lowest BCUT2D eigenvalue weighted by molar-refractivity contribution is 0.0937. The van der Waals surface area contributed by atoms with Gasteiger partial charge in [-0.25, -0.2) is 0 Å². The second-order valence-electron chi connectivity index (χ2n) is 6.06. The van der Waals surface area contributed by atoms with Gasteiger partial charge < -0.3 is 15.5 Å². The molecular weight excluding hydrogens is 262 g/mol.